The summed E-state index contributed by atoms with van der Waals surface area (Å²) in [5, 5.41) is 0. The lowest BCUT2D eigenvalue weighted by Crippen LogP contribution is -2.49. The molecule has 0 spiro atoms. The molecule has 0 bridgehead atoms. The summed E-state index contributed by atoms with van der Waals surface area (Å²) in [6, 6.07) is 3.60. The molecule has 2 rings (SSSR count). The minimum atomic E-state index is -0.203. The molecule has 1 aliphatic heterocycles. The van der Waals surface area contributed by atoms with Crippen molar-refractivity contribution in [2.75, 3.05) is 39.8 Å². The number of piperazine rings is 1. The van der Waals surface area contributed by atoms with Gasteiger partial charge in [0.1, 0.15) is 5.69 Å². The van der Waals surface area contributed by atoms with Crippen LogP contribution < -0.4 is 0 Å². The van der Waals surface area contributed by atoms with E-state index in [1.165, 1.54) is 7.11 Å². The topological polar surface area (TPSA) is 62.7 Å². The molecule has 6 nitrogen and oxygen atoms in total. The summed E-state index contributed by atoms with van der Waals surface area (Å²) in [7, 11) is 1.39. The van der Waals surface area contributed by atoms with E-state index in [0.29, 0.717) is 36.2 Å². The van der Waals surface area contributed by atoms with Gasteiger partial charge in [0.15, 0.2) is 0 Å². The number of carbonyl (C=O) groups excluding carboxylic acids is 2. The molecule has 2 heterocycles. The van der Waals surface area contributed by atoms with Gasteiger partial charge in [-0.05, 0) is 28.1 Å². The van der Waals surface area contributed by atoms with Gasteiger partial charge in [0.05, 0.1) is 13.5 Å². The Morgan fingerprint density at radius 3 is 2.67 bits per heavy atom. The molecule has 0 N–H and O–H groups in total. The Balaban J connectivity index is 1.85. The van der Waals surface area contributed by atoms with Crippen molar-refractivity contribution in [2.45, 2.75) is 6.42 Å². The van der Waals surface area contributed by atoms with Crippen LogP contribution in [0.1, 0.15) is 16.9 Å². The molecule has 0 radical (unpaired) electrons. The highest BCUT2D eigenvalue weighted by atomic mass is 79.9. The van der Waals surface area contributed by atoms with Gasteiger partial charge in [-0.25, -0.2) is 4.98 Å². The fraction of sp³-hybridized carbons (Fsp3) is 0.500. The van der Waals surface area contributed by atoms with Crippen LogP contribution in [0.3, 0.4) is 0 Å². The van der Waals surface area contributed by atoms with Gasteiger partial charge >= 0.3 is 5.97 Å². The number of rotatable bonds is 4. The number of ether oxygens (including phenoxy) is 1. The van der Waals surface area contributed by atoms with Crippen LogP contribution in [-0.4, -0.2) is 66.5 Å². The summed E-state index contributed by atoms with van der Waals surface area (Å²) in [5.41, 5.74) is 0.445. The minimum absolute atomic E-state index is 0.0601. The van der Waals surface area contributed by atoms with E-state index in [2.05, 4.69) is 30.6 Å². The molecule has 1 saturated heterocycles. The highest BCUT2D eigenvalue weighted by Crippen LogP contribution is 2.16. The highest BCUT2D eigenvalue weighted by Gasteiger charge is 2.24. The van der Waals surface area contributed by atoms with E-state index in [9.17, 15) is 9.59 Å². The van der Waals surface area contributed by atoms with Crippen molar-refractivity contribution in [3.05, 3.63) is 28.5 Å². The molecule has 1 aromatic rings. The smallest absolute Gasteiger partial charge is 0.306 e. The molecule has 0 saturated carbocycles. The van der Waals surface area contributed by atoms with Crippen molar-refractivity contribution in [2.24, 2.45) is 0 Å². The van der Waals surface area contributed by atoms with Gasteiger partial charge in [0.25, 0.3) is 5.91 Å². The van der Waals surface area contributed by atoms with Crippen molar-refractivity contribution >= 4 is 27.8 Å². The number of methoxy groups -OCH3 is 1. The van der Waals surface area contributed by atoms with Gasteiger partial charge in [-0.2, -0.15) is 0 Å². The number of esters is 1. The summed E-state index contributed by atoms with van der Waals surface area (Å²) in [4.78, 5) is 31.6. The average molecular weight is 356 g/mol. The summed E-state index contributed by atoms with van der Waals surface area (Å²) >= 11 is 3.35. The standard InChI is InChI=1S/C14H18BrN3O3/c1-21-12(19)4-6-17-7-9-18(10-8-17)14(20)13-11(15)3-2-5-16-13/h2-3,5H,4,6-10H2,1H3. The summed E-state index contributed by atoms with van der Waals surface area (Å²) in [6.07, 6.45) is 2.00. The van der Waals surface area contributed by atoms with E-state index in [0.717, 1.165) is 13.1 Å². The van der Waals surface area contributed by atoms with Crippen LogP contribution in [0, 0.1) is 0 Å². The van der Waals surface area contributed by atoms with Crippen LogP contribution in [0.15, 0.2) is 22.8 Å². The largest absolute Gasteiger partial charge is 0.469 e. The van der Waals surface area contributed by atoms with Gasteiger partial charge in [0.2, 0.25) is 0 Å². The number of carbonyl (C=O) groups is 2. The van der Waals surface area contributed by atoms with E-state index >= 15 is 0 Å². The van der Waals surface area contributed by atoms with Gasteiger partial charge in [-0.3, -0.25) is 14.5 Å². The molecule has 1 aromatic heterocycles. The Kier molecular flexibility index (Phi) is 5.69. The predicted octanol–water partition coefficient (Wildman–Crippen LogP) is 1.16. The Bertz CT molecular complexity index is 516. The van der Waals surface area contributed by atoms with E-state index in [4.69, 9.17) is 0 Å². The fourth-order valence-corrected chi connectivity index (χ4v) is 2.64. The number of pyridine rings is 1. The second-order valence-electron chi connectivity index (χ2n) is 4.79. The summed E-state index contributed by atoms with van der Waals surface area (Å²) < 4.78 is 5.34. The minimum Gasteiger partial charge on any atom is -0.469 e. The van der Waals surface area contributed by atoms with Crippen LogP contribution in [0.4, 0.5) is 0 Å². The van der Waals surface area contributed by atoms with Crippen LogP contribution >= 0.6 is 15.9 Å². The number of aromatic nitrogens is 1. The molecule has 1 amide bonds. The maximum absolute atomic E-state index is 12.4. The molecule has 0 aliphatic carbocycles. The molecule has 0 unspecified atom stereocenters. The van der Waals surface area contributed by atoms with Crippen LogP contribution in [-0.2, 0) is 9.53 Å². The second-order valence-corrected chi connectivity index (χ2v) is 5.65. The fourth-order valence-electron chi connectivity index (χ4n) is 2.22. The molecular formula is C14H18BrN3O3. The van der Waals surface area contributed by atoms with Gasteiger partial charge in [-0.1, -0.05) is 0 Å². The maximum atomic E-state index is 12.4. The molecule has 0 aromatic carbocycles. The summed E-state index contributed by atoms with van der Waals surface area (Å²) in [6.45, 7) is 3.47. The normalized spacial score (nSPS) is 15.8. The first kappa shape index (κ1) is 15.9. The molecule has 1 fully saturated rings. The predicted molar refractivity (Wildman–Crippen MR) is 80.9 cm³/mol. The number of nitrogens with zero attached hydrogens (tertiary/aromatic N) is 3. The number of halogens is 1. The second kappa shape index (κ2) is 7.51. The van der Waals surface area contributed by atoms with E-state index in [-0.39, 0.29) is 11.9 Å². The molecule has 21 heavy (non-hydrogen) atoms. The molecule has 7 heteroatoms. The summed E-state index contributed by atoms with van der Waals surface area (Å²) in [5.74, 6) is -0.263. The Morgan fingerprint density at radius 2 is 2.05 bits per heavy atom. The quantitative estimate of drug-likeness (QED) is 0.758. The third kappa shape index (κ3) is 4.25. The van der Waals surface area contributed by atoms with Crippen molar-refractivity contribution in [3.8, 4) is 0 Å². The van der Waals surface area contributed by atoms with Crippen molar-refractivity contribution < 1.29 is 14.3 Å². The van der Waals surface area contributed by atoms with Crippen LogP contribution in [0.25, 0.3) is 0 Å². The molecular weight excluding hydrogens is 338 g/mol. The van der Waals surface area contributed by atoms with Gasteiger partial charge in [0, 0.05) is 43.4 Å². The van der Waals surface area contributed by atoms with E-state index in [1.807, 2.05) is 6.07 Å². The molecule has 114 valence electrons. The van der Waals surface area contributed by atoms with Crippen molar-refractivity contribution in [1.82, 2.24) is 14.8 Å². The van der Waals surface area contributed by atoms with Gasteiger partial charge in [-0.15, -0.1) is 0 Å². The van der Waals surface area contributed by atoms with Crippen molar-refractivity contribution in [3.63, 3.8) is 0 Å². The first-order chi connectivity index (χ1) is 10.1. The zero-order valence-electron chi connectivity index (χ0n) is 11.9. The molecule has 0 atom stereocenters. The third-order valence-electron chi connectivity index (χ3n) is 3.48. The Labute approximate surface area is 132 Å². The lowest BCUT2D eigenvalue weighted by atomic mass is 10.2. The zero-order valence-corrected chi connectivity index (χ0v) is 13.5. The van der Waals surface area contributed by atoms with Gasteiger partial charge < -0.3 is 9.64 Å². The number of hydrogen-bond donors (Lipinski definition) is 0. The highest BCUT2D eigenvalue weighted by molar-refractivity contribution is 9.10. The lowest BCUT2D eigenvalue weighted by Gasteiger charge is -2.34. The average Bonchev–Trinajstić information content (AvgIpc) is 2.53. The first-order valence-electron chi connectivity index (χ1n) is 6.81. The van der Waals surface area contributed by atoms with E-state index in [1.54, 1.807) is 17.2 Å². The first-order valence-corrected chi connectivity index (χ1v) is 7.60. The molecule has 1 aliphatic rings. The van der Waals surface area contributed by atoms with Crippen molar-refractivity contribution in [1.29, 1.82) is 0 Å². The zero-order chi connectivity index (χ0) is 15.2. The maximum Gasteiger partial charge on any atom is 0.306 e. The monoisotopic (exact) mass is 355 g/mol. The Hall–Kier alpha value is -1.47. The Morgan fingerprint density at radius 1 is 1.33 bits per heavy atom. The van der Waals surface area contributed by atoms with Crippen LogP contribution in [0.5, 0.6) is 0 Å². The third-order valence-corrected chi connectivity index (χ3v) is 4.12. The SMILES string of the molecule is COC(=O)CCN1CCN(C(=O)c2ncccc2Br)CC1. The van der Waals surface area contributed by atoms with E-state index < -0.39 is 0 Å². The number of hydrogen-bond acceptors (Lipinski definition) is 5. The number of amides is 1. The lowest BCUT2D eigenvalue weighted by molar-refractivity contribution is -0.141. The van der Waals surface area contributed by atoms with Crippen LogP contribution in [0.2, 0.25) is 0 Å².